The summed E-state index contributed by atoms with van der Waals surface area (Å²) in [5.74, 6) is -0.00189. The molecular weight excluding hydrogens is 424 g/mol. The fraction of sp³-hybridized carbons (Fsp3) is 0.429. The van der Waals surface area contributed by atoms with Gasteiger partial charge in [-0.05, 0) is 49.8 Å². The fourth-order valence-electron chi connectivity index (χ4n) is 4.27. The van der Waals surface area contributed by atoms with Crippen LogP contribution >= 0.6 is 0 Å². The molecule has 1 heterocycles. The van der Waals surface area contributed by atoms with Crippen molar-refractivity contribution in [3.63, 3.8) is 0 Å². The molecule has 2 aromatic carbocycles. The zero-order valence-corrected chi connectivity index (χ0v) is 20.3. The third kappa shape index (κ3) is 6.19. The van der Waals surface area contributed by atoms with E-state index in [4.69, 9.17) is 0 Å². The predicted octanol–water partition coefficient (Wildman–Crippen LogP) is 5.02. The third-order valence-electron chi connectivity index (χ3n) is 6.53. The molecule has 0 atom stereocenters. The number of aromatic nitrogens is 1. The standard InChI is InChI=1S/C28H36N4O2/c1-3-4-16-29-28(34)32(24-13-14-24)20-27(33)31(19-22-11-9-21(2)10-12-22)17-15-23-18-30-26-8-6-5-7-25(23)26/h5-12,18,24,30H,3-4,13-17,19-20H2,1-2H3,(H,29,34). The Morgan fingerprint density at radius 1 is 1.09 bits per heavy atom. The molecule has 0 aliphatic heterocycles. The molecule has 0 bridgehead atoms. The van der Waals surface area contributed by atoms with Gasteiger partial charge in [-0.3, -0.25) is 4.79 Å². The Morgan fingerprint density at radius 2 is 1.85 bits per heavy atom. The van der Waals surface area contributed by atoms with Gasteiger partial charge in [0.1, 0.15) is 6.54 Å². The van der Waals surface area contributed by atoms with E-state index in [1.807, 2.05) is 23.2 Å². The molecule has 1 aromatic heterocycles. The summed E-state index contributed by atoms with van der Waals surface area (Å²) in [5.41, 5.74) is 4.61. The zero-order chi connectivity index (χ0) is 23.9. The largest absolute Gasteiger partial charge is 0.361 e. The molecule has 1 aliphatic carbocycles. The number of hydrogen-bond acceptors (Lipinski definition) is 2. The lowest BCUT2D eigenvalue weighted by atomic mass is 10.1. The van der Waals surface area contributed by atoms with Crippen LogP contribution < -0.4 is 5.32 Å². The molecule has 0 saturated heterocycles. The van der Waals surface area contributed by atoms with Crippen LogP contribution in [0.5, 0.6) is 0 Å². The molecule has 6 heteroatoms. The second kappa shape index (κ2) is 11.2. The van der Waals surface area contributed by atoms with E-state index in [1.54, 1.807) is 4.90 Å². The first-order valence-electron chi connectivity index (χ1n) is 12.5. The van der Waals surface area contributed by atoms with Crippen molar-refractivity contribution < 1.29 is 9.59 Å². The lowest BCUT2D eigenvalue weighted by Gasteiger charge is -2.28. The number of nitrogens with one attached hydrogen (secondary N) is 2. The van der Waals surface area contributed by atoms with Crippen molar-refractivity contribution in [2.45, 2.75) is 58.5 Å². The van der Waals surface area contributed by atoms with Gasteiger partial charge in [0.15, 0.2) is 0 Å². The summed E-state index contributed by atoms with van der Waals surface area (Å²) < 4.78 is 0. The van der Waals surface area contributed by atoms with Gasteiger partial charge in [0.25, 0.3) is 0 Å². The van der Waals surface area contributed by atoms with E-state index in [2.05, 4.69) is 60.5 Å². The Balaban J connectivity index is 1.47. The maximum Gasteiger partial charge on any atom is 0.318 e. The second-order valence-corrected chi connectivity index (χ2v) is 9.35. The molecule has 0 radical (unpaired) electrons. The van der Waals surface area contributed by atoms with Crippen molar-refractivity contribution in [3.8, 4) is 0 Å². The van der Waals surface area contributed by atoms with Gasteiger partial charge < -0.3 is 20.1 Å². The van der Waals surface area contributed by atoms with Crippen molar-refractivity contribution >= 4 is 22.8 Å². The van der Waals surface area contributed by atoms with Crippen molar-refractivity contribution in [2.75, 3.05) is 19.6 Å². The number of carbonyl (C=O) groups excluding carboxylic acids is 2. The van der Waals surface area contributed by atoms with Crippen LogP contribution in [0.1, 0.15) is 49.3 Å². The maximum absolute atomic E-state index is 13.5. The predicted molar refractivity (Wildman–Crippen MR) is 137 cm³/mol. The molecule has 6 nitrogen and oxygen atoms in total. The number of H-pyrrole nitrogens is 1. The molecule has 3 aromatic rings. The Kier molecular flexibility index (Phi) is 7.88. The van der Waals surface area contributed by atoms with Crippen LogP contribution in [0.2, 0.25) is 0 Å². The number of para-hydroxylation sites is 1. The highest BCUT2D eigenvalue weighted by molar-refractivity contribution is 5.85. The number of amides is 3. The van der Waals surface area contributed by atoms with Crippen molar-refractivity contribution in [2.24, 2.45) is 0 Å². The quantitative estimate of drug-likeness (QED) is 0.395. The van der Waals surface area contributed by atoms with Gasteiger partial charge in [-0.25, -0.2) is 4.79 Å². The van der Waals surface area contributed by atoms with E-state index >= 15 is 0 Å². The lowest BCUT2D eigenvalue weighted by Crippen LogP contribution is -2.48. The number of carbonyl (C=O) groups is 2. The highest BCUT2D eigenvalue weighted by Crippen LogP contribution is 2.27. The van der Waals surface area contributed by atoms with Crippen molar-refractivity contribution in [1.29, 1.82) is 0 Å². The minimum Gasteiger partial charge on any atom is -0.361 e. The zero-order valence-electron chi connectivity index (χ0n) is 20.3. The van der Waals surface area contributed by atoms with Crippen molar-refractivity contribution in [3.05, 3.63) is 71.4 Å². The first-order valence-corrected chi connectivity index (χ1v) is 12.5. The number of benzene rings is 2. The van der Waals surface area contributed by atoms with Crippen LogP contribution in [0.4, 0.5) is 4.79 Å². The Hall–Kier alpha value is -3.28. The topological polar surface area (TPSA) is 68.4 Å². The second-order valence-electron chi connectivity index (χ2n) is 9.35. The van der Waals surface area contributed by atoms with Crippen LogP contribution in [0.15, 0.2) is 54.7 Å². The molecule has 1 saturated carbocycles. The fourth-order valence-corrected chi connectivity index (χ4v) is 4.27. The molecule has 2 N–H and O–H groups in total. The molecular formula is C28H36N4O2. The molecule has 3 amide bonds. The summed E-state index contributed by atoms with van der Waals surface area (Å²) in [6.45, 7) is 6.09. The van der Waals surface area contributed by atoms with E-state index in [0.717, 1.165) is 43.2 Å². The summed E-state index contributed by atoms with van der Waals surface area (Å²) >= 11 is 0. The SMILES string of the molecule is CCCCNC(=O)N(CC(=O)N(CCc1c[nH]c2ccccc12)Cc1ccc(C)cc1)C1CC1. The normalized spacial score (nSPS) is 13.1. The summed E-state index contributed by atoms with van der Waals surface area (Å²) in [5, 5.41) is 4.19. The first-order chi connectivity index (χ1) is 16.5. The van der Waals surface area contributed by atoms with Gasteiger partial charge in [0.05, 0.1) is 0 Å². The third-order valence-corrected chi connectivity index (χ3v) is 6.53. The minimum absolute atomic E-state index is 0.00189. The molecule has 0 spiro atoms. The van der Waals surface area contributed by atoms with E-state index in [9.17, 15) is 9.59 Å². The maximum atomic E-state index is 13.5. The molecule has 1 fully saturated rings. The highest BCUT2D eigenvalue weighted by Gasteiger charge is 2.34. The Morgan fingerprint density at radius 3 is 2.59 bits per heavy atom. The van der Waals surface area contributed by atoms with Crippen LogP contribution in [-0.2, 0) is 17.8 Å². The lowest BCUT2D eigenvalue weighted by molar-refractivity contribution is -0.132. The molecule has 180 valence electrons. The smallest absolute Gasteiger partial charge is 0.318 e. The Labute approximate surface area is 202 Å². The van der Waals surface area contributed by atoms with E-state index < -0.39 is 0 Å². The van der Waals surface area contributed by atoms with Gasteiger partial charge in [-0.15, -0.1) is 0 Å². The minimum atomic E-state index is -0.115. The van der Waals surface area contributed by atoms with Gasteiger partial charge in [-0.1, -0.05) is 61.4 Å². The molecule has 1 aliphatic rings. The number of nitrogens with zero attached hydrogens (tertiary/aromatic N) is 2. The van der Waals surface area contributed by atoms with E-state index in [-0.39, 0.29) is 24.5 Å². The average Bonchev–Trinajstić information content (AvgIpc) is 3.61. The van der Waals surface area contributed by atoms with E-state index in [1.165, 1.54) is 16.5 Å². The number of unbranched alkanes of at least 4 members (excludes halogenated alkanes) is 1. The van der Waals surface area contributed by atoms with Crippen LogP contribution in [0, 0.1) is 6.92 Å². The number of hydrogen-bond donors (Lipinski definition) is 2. The summed E-state index contributed by atoms with van der Waals surface area (Å²) in [6.07, 6.45) is 6.72. The van der Waals surface area contributed by atoms with Gasteiger partial charge in [0, 0.05) is 42.8 Å². The molecule has 0 unspecified atom stereocenters. The van der Waals surface area contributed by atoms with Crippen LogP contribution in [-0.4, -0.2) is 52.4 Å². The van der Waals surface area contributed by atoms with Gasteiger partial charge in [0.2, 0.25) is 5.91 Å². The molecule has 4 rings (SSSR count). The van der Waals surface area contributed by atoms with E-state index in [0.29, 0.717) is 19.6 Å². The molecule has 34 heavy (non-hydrogen) atoms. The van der Waals surface area contributed by atoms with Gasteiger partial charge in [-0.2, -0.15) is 0 Å². The number of fused-ring (bicyclic) bond motifs is 1. The van der Waals surface area contributed by atoms with Gasteiger partial charge >= 0.3 is 6.03 Å². The number of aryl methyl sites for hydroxylation is 1. The Bertz CT molecular complexity index is 1100. The van der Waals surface area contributed by atoms with Crippen LogP contribution in [0.3, 0.4) is 0 Å². The van der Waals surface area contributed by atoms with Crippen LogP contribution in [0.25, 0.3) is 10.9 Å². The average molecular weight is 461 g/mol. The number of urea groups is 1. The summed E-state index contributed by atoms with van der Waals surface area (Å²) in [6, 6.07) is 16.6. The first kappa shape index (κ1) is 23.9. The number of aromatic amines is 1. The summed E-state index contributed by atoms with van der Waals surface area (Å²) in [4.78, 5) is 33.3. The number of rotatable bonds is 11. The summed E-state index contributed by atoms with van der Waals surface area (Å²) in [7, 11) is 0. The van der Waals surface area contributed by atoms with Crippen molar-refractivity contribution in [1.82, 2.24) is 20.1 Å². The monoisotopic (exact) mass is 460 g/mol. The highest BCUT2D eigenvalue weighted by atomic mass is 16.2.